The molecule has 4 nitrogen and oxygen atoms in total. The van der Waals surface area contributed by atoms with E-state index >= 15 is 0 Å². The molecule has 4 heteroatoms. The Morgan fingerprint density at radius 1 is 1.20 bits per heavy atom. The van der Waals surface area contributed by atoms with Crippen LogP contribution in [0.2, 0.25) is 0 Å². The summed E-state index contributed by atoms with van der Waals surface area (Å²) in [6, 6.07) is 0.344. The van der Waals surface area contributed by atoms with E-state index < -0.39 is 5.54 Å². The molecular weight excluding hydrogens is 252 g/mol. The molecule has 3 unspecified atom stereocenters. The molecule has 0 spiro atoms. The first-order valence-electron chi connectivity index (χ1n) is 8.13. The number of hydrogen-bond donors (Lipinski definition) is 1. The molecule has 0 aromatic carbocycles. The highest BCUT2D eigenvalue weighted by atomic mass is 16.2. The van der Waals surface area contributed by atoms with Crippen molar-refractivity contribution >= 4 is 11.8 Å². The summed E-state index contributed by atoms with van der Waals surface area (Å²) in [4.78, 5) is 27.0. The van der Waals surface area contributed by atoms with Gasteiger partial charge in [0.1, 0.15) is 5.54 Å². The zero-order valence-electron chi connectivity index (χ0n) is 12.7. The molecular formula is C16H26N2O2. The predicted octanol–water partition coefficient (Wildman–Crippen LogP) is 2.08. The molecule has 2 aliphatic carbocycles. The van der Waals surface area contributed by atoms with Crippen LogP contribution in [0.4, 0.5) is 0 Å². The molecule has 2 saturated carbocycles. The number of carbonyl (C=O) groups is 2. The maximum atomic E-state index is 13.0. The lowest BCUT2D eigenvalue weighted by atomic mass is 9.85. The molecule has 3 atom stereocenters. The van der Waals surface area contributed by atoms with Crippen molar-refractivity contribution in [2.24, 2.45) is 11.8 Å². The molecule has 112 valence electrons. The molecule has 0 bridgehead atoms. The van der Waals surface area contributed by atoms with Crippen LogP contribution in [0.1, 0.15) is 58.8 Å². The van der Waals surface area contributed by atoms with Gasteiger partial charge in [-0.2, -0.15) is 0 Å². The van der Waals surface area contributed by atoms with Gasteiger partial charge in [-0.15, -0.1) is 0 Å². The quantitative estimate of drug-likeness (QED) is 0.841. The molecule has 20 heavy (non-hydrogen) atoms. The van der Waals surface area contributed by atoms with Crippen molar-refractivity contribution in [3.63, 3.8) is 0 Å². The second-order valence-corrected chi connectivity index (χ2v) is 7.20. The van der Waals surface area contributed by atoms with Gasteiger partial charge in [0.05, 0.1) is 0 Å². The fourth-order valence-electron chi connectivity index (χ4n) is 4.00. The van der Waals surface area contributed by atoms with Crippen LogP contribution in [0.25, 0.3) is 0 Å². The first-order chi connectivity index (χ1) is 9.50. The van der Waals surface area contributed by atoms with Crippen LogP contribution in [0.15, 0.2) is 0 Å². The van der Waals surface area contributed by atoms with E-state index in [2.05, 4.69) is 12.2 Å². The van der Waals surface area contributed by atoms with Gasteiger partial charge in [0.2, 0.25) is 11.8 Å². The smallest absolute Gasteiger partial charge is 0.248 e. The number of nitrogens with one attached hydrogen (secondary N) is 1. The Balaban J connectivity index is 1.82. The molecule has 1 N–H and O–H groups in total. The molecule has 3 aliphatic rings. The van der Waals surface area contributed by atoms with Crippen LogP contribution in [-0.2, 0) is 9.59 Å². The van der Waals surface area contributed by atoms with E-state index in [1.165, 1.54) is 12.8 Å². The Labute approximate surface area is 121 Å². The minimum absolute atomic E-state index is 0.0408. The van der Waals surface area contributed by atoms with Crippen molar-refractivity contribution in [2.45, 2.75) is 70.4 Å². The van der Waals surface area contributed by atoms with Crippen LogP contribution in [0.5, 0.6) is 0 Å². The van der Waals surface area contributed by atoms with Crippen molar-refractivity contribution in [1.29, 1.82) is 0 Å². The Hall–Kier alpha value is -1.06. The van der Waals surface area contributed by atoms with E-state index in [1.54, 1.807) is 0 Å². The molecule has 2 amide bonds. The van der Waals surface area contributed by atoms with Gasteiger partial charge in [-0.1, -0.05) is 19.8 Å². The minimum atomic E-state index is -0.645. The topological polar surface area (TPSA) is 49.4 Å². The van der Waals surface area contributed by atoms with E-state index in [0.717, 1.165) is 25.7 Å². The molecule has 1 aliphatic heterocycles. The summed E-state index contributed by atoms with van der Waals surface area (Å²) in [5.41, 5.74) is -0.645. The van der Waals surface area contributed by atoms with Gasteiger partial charge in [-0.3, -0.25) is 9.59 Å². The number of carbonyl (C=O) groups excluding carboxylic acids is 2. The van der Waals surface area contributed by atoms with Crippen molar-refractivity contribution < 1.29 is 9.59 Å². The van der Waals surface area contributed by atoms with Gasteiger partial charge in [0, 0.05) is 19.0 Å². The summed E-state index contributed by atoms with van der Waals surface area (Å²) in [7, 11) is 0. The van der Waals surface area contributed by atoms with Crippen LogP contribution < -0.4 is 5.32 Å². The van der Waals surface area contributed by atoms with E-state index in [4.69, 9.17) is 0 Å². The normalized spacial score (nSPS) is 39.4. The van der Waals surface area contributed by atoms with Crippen molar-refractivity contribution in [3.05, 3.63) is 0 Å². The van der Waals surface area contributed by atoms with Crippen LogP contribution >= 0.6 is 0 Å². The summed E-state index contributed by atoms with van der Waals surface area (Å²) in [6.45, 7) is 4.82. The molecule has 3 rings (SSSR count). The zero-order valence-corrected chi connectivity index (χ0v) is 12.7. The lowest BCUT2D eigenvalue weighted by molar-refractivity contribution is -0.142. The largest absolute Gasteiger partial charge is 0.342 e. The standard InChI is InChI=1S/C16H26N2O2/c1-11-4-3-5-13(10-11)18-9-8-14(19)17-16(2,15(18)20)12-6-7-12/h11-13H,3-10H2,1-2H3,(H,17,19). The average Bonchev–Trinajstić information content (AvgIpc) is 3.22. The Morgan fingerprint density at radius 2 is 1.95 bits per heavy atom. The highest BCUT2D eigenvalue weighted by molar-refractivity contribution is 5.94. The molecule has 1 saturated heterocycles. The average molecular weight is 278 g/mol. The third kappa shape index (κ3) is 2.45. The van der Waals surface area contributed by atoms with Crippen LogP contribution in [0, 0.1) is 11.8 Å². The summed E-state index contributed by atoms with van der Waals surface area (Å²) in [5.74, 6) is 1.25. The predicted molar refractivity (Wildman–Crippen MR) is 77.0 cm³/mol. The third-order valence-electron chi connectivity index (χ3n) is 5.43. The summed E-state index contributed by atoms with van der Waals surface area (Å²) in [6.07, 6.45) is 7.27. The van der Waals surface area contributed by atoms with Crippen molar-refractivity contribution in [2.75, 3.05) is 6.54 Å². The Kier molecular flexibility index (Phi) is 3.51. The van der Waals surface area contributed by atoms with Crippen molar-refractivity contribution in [3.8, 4) is 0 Å². The Bertz CT molecular complexity index is 419. The molecule has 0 radical (unpaired) electrons. The summed E-state index contributed by atoms with van der Waals surface area (Å²) >= 11 is 0. The number of amides is 2. The van der Waals surface area contributed by atoms with Gasteiger partial charge < -0.3 is 10.2 Å². The van der Waals surface area contributed by atoms with E-state index in [9.17, 15) is 9.59 Å². The van der Waals surface area contributed by atoms with Gasteiger partial charge in [-0.25, -0.2) is 0 Å². The molecule has 0 aromatic heterocycles. The summed E-state index contributed by atoms with van der Waals surface area (Å²) < 4.78 is 0. The van der Waals surface area contributed by atoms with Crippen LogP contribution in [0.3, 0.4) is 0 Å². The van der Waals surface area contributed by atoms with E-state index in [-0.39, 0.29) is 11.8 Å². The number of nitrogens with zero attached hydrogens (tertiary/aromatic N) is 1. The van der Waals surface area contributed by atoms with E-state index in [0.29, 0.717) is 30.8 Å². The van der Waals surface area contributed by atoms with Gasteiger partial charge in [0.15, 0.2) is 0 Å². The fraction of sp³-hybridized carbons (Fsp3) is 0.875. The van der Waals surface area contributed by atoms with Crippen LogP contribution in [-0.4, -0.2) is 34.8 Å². The monoisotopic (exact) mass is 278 g/mol. The van der Waals surface area contributed by atoms with Gasteiger partial charge >= 0.3 is 0 Å². The van der Waals surface area contributed by atoms with E-state index in [1.807, 2.05) is 11.8 Å². The minimum Gasteiger partial charge on any atom is -0.342 e. The SMILES string of the molecule is CC1CCCC(N2CCC(=O)NC(C)(C3CC3)C2=O)C1. The second-order valence-electron chi connectivity index (χ2n) is 7.20. The zero-order chi connectivity index (χ0) is 14.3. The first-order valence-corrected chi connectivity index (χ1v) is 8.13. The molecule has 1 heterocycles. The highest BCUT2D eigenvalue weighted by Crippen LogP contribution is 2.42. The summed E-state index contributed by atoms with van der Waals surface area (Å²) in [5, 5.41) is 3.02. The molecule has 3 fully saturated rings. The maximum Gasteiger partial charge on any atom is 0.248 e. The van der Waals surface area contributed by atoms with Crippen molar-refractivity contribution in [1.82, 2.24) is 10.2 Å². The lowest BCUT2D eigenvalue weighted by Crippen LogP contribution is -2.58. The molecule has 0 aromatic rings. The lowest BCUT2D eigenvalue weighted by Gasteiger charge is -2.40. The van der Waals surface area contributed by atoms with Gasteiger partial charge in [-0.05, 0) is 44.4 Å². The number of hydrogen-bond acceptors (Lipinski definition) is 2. The fourth-order valence-corrected chi connectivity index (χ4v) is 4.00. The maximum absolute atomic E-state index is 13.0. The second kappa shape index (κ2) is 5.05. The van der Waals surface area contributed by atoms with Gasteiger partial charge in [0.25, 0.3) is 0 Å². The Morgan fingerprint density at radius 3 is 2.60 bits per heavy atom. The third-order valence-corrected chi connectivity index (χ3v) is 5.43. The number of rotatable bonds is 2. The first kappa shape index (κ1) is 13.9. The highest BCUT2D eigenvalue weighted by Gasteiger charge is 2.52.